The van der Waals surface area contributed by atoms with E-state index < -0.39 is 51.2 Å². The molecule has 3 heterocycles. The highest BCUT2D eigenvalue weighted by Crippen LogP contribution is 2.20. The van der Waals surface area contributed by atoms with E-state index in [1.54, 1.807) is 24.3 Å². The van der Waals surface area contributed by atoms with Crippen molar-refractivity contribution >= 4 is 22.9 Å². The molecule has 1 aliphatic rings. The molecule has 4 rings (SSSR count). The summed E-state index contributed by atoms with van der Waals surface area (Å²) in [6.45, 7) is -8.93. The molecule has 0 amide bonds. The lowest BCUT2D eigenvalue weighted by Gasteiger charge is -2.36. The number of piperazine rings is 1. The van der Waals surface area contributed by atoms with E-state index in [0.29, 0.717) is 9.70 Å². The zero-order chi connectivity index (χ0) is 25.1. The van der Waals surface area contributed by atoms with Crippen LogP contribution >= 0.6 is 11.6 Å². The summed E-state index contributed by atoms with van der Waals surface area (Å²) in [5.41, 5.74) is -0.479. The maximum absolute atomic E-state index is 12.7. The maximum Gasteiger partial charge on any atom is 0.350 e. The lowest BCUT2D eigenvalue weighted by Crippen LogP contribution is -2.46. The van der Waals surface area contributed by atoms with E-state index in [2.05, 4.69) is 5.10 Å². The molecule has 2 aromatic heterocycles. The molecule has 26 heavy (non-hydrogen) atoms. The number of benzene rings is 1. The molecule has 7 heteroatoms. The highest BCUT2D eigenvalue weighted by Gasteiger charge is 2.17. The summed E-state index contributed by atoms with van der Waals surface area (Å²) in [6.07, 6.45) is -1.33. The molecule has 0 N–H and O–H groups in total. The van der Waals surface area contributed by atoms with E-state index in [1.807, 2.05) is 0 Å². The first-order chi connectivity index (χ1) is 15.7. The van der Waals surface area contributed by atoms with E-state index in [-0.39, 0.29) is 11.3 Å². The number of fused-ring (bicyclic) bond motifs is 1. The minimum atomic E-state index is -2.90. The summed E-state index contributed by atoms with van der Waals surface area (Å²) in [5, 5.41) is 4.24. The van der Waals surface area contributed by atoms with Gasteiger partial charge in [0.25, 0.3) is 0 Å². The van der Waals surface area contributed by atoms with E-state index in [0.717, 1.165) is 9.30 Å². The van der Waals surface area contributed by atoms with Gasteiger partial charge < -0.3 is 4.90 Å². The molecular weight excluding hydrogens is 350 g/mol. The van der Waals surface area contributed by atoms with Gasteiger partial charge in [-0.1, -0.05) is 23.7 Å². The van der Waals surface area contributed by atoms with E-state index in [1.165, 1.54) is 29.3 Å². The first-order valence-corrected chi connectivity index (χ1v) is 8.39. The Morgan fingerprint density at radius 3 is 2.81 bits per heavy atom. The van der Waals surface area contributed by atoms with Crippen LogP contribution in [0.2, 0.25) is 5.02 Å². The fourth-order valence-corrected chi connectivity index (χ4v) is 2.77. The molecule has 1 aromatic carbocycles. The Hall–Kier alpha value is -2.31. The van der Waals surface area contributed by atoms with Crippen LogP contribution in [0.4, 0.5) is 5.69 Å². The Kier molecular flexibility index (Phi) is 2.93. The quantitative estimate of drug-likeness (QED) is 0.682. The minimum absolute atomic E-state index is 0.148. The number of aryl methyl sites for hydroxylation is 1. The van der Waals surface area contributed by atoms with Gasteiger partial charge in [-0.05, 0) is 36.7 Å². The average Bonchev–Trinajstić information content (AvgIpc) is 3.03. The van der Waals surface area contributed by atoms with E-state index in [9.17, 15) is 4.79 Å². The predicted molar refractivity (Wildman–Crippen MR) is 104 cm³/mol. The lowest BCUT2D eigenvalue weighted by atomic mass is 10.2. The second-order valence-electron chi connectivity index (χ2n) is 5.69. The molecule has 1 fully saturated rings. The molecule has 0 bridgehead atoms. The van der Waals surface area contributed by atoms with Crippen molar-refractivity contribution in [1.29, 1.82) is 0 Å². The second kappa shape index (κ2) is 7.51. The highest BCUT2D eigenvalue weighted by molar-refractivity contribution is 6.30. The summed E-state index contributed by atoms with van der Waals surface area (Å²) in [6, 6.07) is 10.8. The van der Waals surface area contributed by atoms with Gasteiger partial charge in [0.1, 0.15) is 0 Å². The van der Waals surface area contributed by atoms with Gasteiger partial charge in [-0.3, -0.25) is 9.30 Å². The molecular formula is C19H22ClN5O. The topological polar surface area (TPSA) is 45.8 Å². The lowest BCUT2D eigenvalue weighted by molar-refractivity contribution is 0.248. The number of aromatic nitrogens is 3. The summed E-state index contributed by atoms with van der Waals surface area (Å²) >= 11 is 6.01. The largest absolute Gasteiger partial charge is 0.369 e. The summed E-state index contributed by atoms with van der Waals surface area (Å²) in [4.78, 5) is 14.8. The van der Waals surface area contributed by atoms with Gasteiger partial charge in [0.2, 0.25) is 0 Å². The second-order valence-corrected chi connectivity index (χ2v) is 6.12. The van der Waals surface area contributed by atoms with Crippen molar-refractivity contribution in [2.75, 3.05) is 37.5 Å². The Bertz CT molecular complexity index is 1260. The predicted octanol–water partition coefficient (Wildman–Crippen LogP) is 2.36. The van der Waals surface area contributed by atoms with Gasteiger partial charge in [0.15, 0.2) is 5.65 Å². The summed E-state index contributed by atoms with van der Waals surface area (Å²) in [7, 11) is 0. The molecule has 1 saturated heterocycles. The molecule has 0 atom stereocenters. The van der Waals surface area contributed by atoms with Crippen LogP contribution < -0.4 is 10.6 Å². The molecule has 0 unspecified atom stereocenters. The zero-order valence-corrected chi connectivity index (χ0v) is 14.5. The Balaban J connectivity index is 1.63. The molecule has 0 aliphatic carbocycles. The third kappa shape index (κ3) is 3.61. The first kappa shape index (κ1) is 10.1. The SMILES string of the molecule is [2H]C1([2H])CN(CC([2H])([2H])C([2H])([2H])n2nc3ccccn3c2=O)CC([2H])([2H])N1c1cccc(Cl)c1. The van der Waals surface area contributed by atoms with Crippen molar-refractivity contribution < 1.29 is 11.0 Å². The van der Waals surface area contributed by atoms with Crippen LogP contribution in [0.3, 0.4) is 0 Å². The summed E-state index contributed by atoms with van der Waals surface area (Å²) in [5.74, 6) is 0. The third-order valence-corrected chi connectivity index (χ3v) is 4.12. The monoisotopic (exact) mass is 379 g/mol. The van der Waals surface area contributed by atoms with Gasteiger partial charge in [0, 0.05) is 58.8 Å². The number of pyridine rings is 1. The van der Waals surface area contributed by atoms with Gasteiger partial charge in [-0.25, -0.2) is 9.48 Å². The van der Waals surface area contributed by atoms with Crippen molar-refractivity contribution in [3.05, 3.63) is 64.2 Å². The van der Waals surface area contributed by atoms with Gasteiger partial charge >= 0.3 is 5.69 Å². The maximum atomic E-state index is 12.7. The van der Waals surface area contributed by atoms with Crippen molar-refractivity contribution in [1.82, 2.24) is 19.1 Å². The highest BCUT2D eigenvalue weighted by atomic mass is 35.5. The number of hydrogen-bond acceptors (Lipinski definition) is 4. The zero-order valence-electron chi connectivity index (χ0n) is 21.8. The molecule has 1 aliphatic heterocycles. The van der Waals surface area contributed by atoms with E-state index in [4.69, 9.17) is 22.6 Å². The third-order valence-electron chi connectivity index (χ3n) is 3.89. The van der Waals surface area contributed by atoms with Crippen LogP contribution in [0, 0.1) is 0 Å². The Morgan fingerprint density at radius 2 is 2.04 bits per heavy atom. The Labute approximate surface area is 168 Å². The molecule has 0 radical (unpaired) electrons. The molecule has 6 nitrogen and oxygen atoms in total. The summed E-state index contributed by atoms with van der Waals surface area (Å²) < 4.78 is 69.2. The van der Waals surface area contributed by atoms with Crippen LogP contribution in [0.25, 0.3) is 5.65 Å². The first-order valence-electron chi connectivity index (χ1n) is 12.0. The van der Waals surface area contributed by atoms with Gasteiger partial charge in [-0.2, -0.15) is 0 Å². The van der Waals surface area contributed by atoms with Crippen LogP contribution in [0.15, 0.2) is 53.5 Å². The fourth-order valence-electron chi connectivity index (χ4n) is 2.58. The molecule has 136 valence electrons. The normalized spacial score (nSPS) is 25.2. The van der Waals surface area contributed by atoms with Crippen LogP contribution in [-0.2, 0) is 6.50 Å². The van der Waals surface area contributed by atoms with Crippen molar-refractivity contribution in [3.63, 3.8) is 0 Å². The van der Waals surface area contributed by atoms with Gasteiger partial charge in [-0.15, -0.1) is 5.10 Å². The van der Waals surface area contributed by atoms with Gasteiger partial charge in [0.05, 0.1) is 8.22 Å². The van der Waals surface area contributed by atoms with Crippen molar-refractivity contribution in [3.8, 4) is 0 Å². The van der Waals surface area contributed by atoms with Crippen LogP contribution in [0.1, 0.15) is 17.3 Å². The van der Waals surface area contributed by atoms with Crippen molar-refractivity contribution in [2.24, 2.45) is 0 Å². The number of halogens is 1. The number of nitrogens with zero attached hydrogens (tertiary/aromatic N) is 5. The fraction of sp³-hybridized carbons (Fsp3) is 0.368. The molecule has 0 saturated carbocycles. The number of rotatable bonds is 5. The minimum Gasteiger partial charge on any atom is -0.369 e. The smallest absolute Gasteiger partial charge is 0.350 e. The number of hydrogen-bond donors (Lipinski definition) is 0. The Morgan fingerprint density at radius 1 is 1.19 bits per heavy atom. The van der Waals surface area contributed by atoms with E-state index >= 15 is 0 Å². The molecule has 3 aromatic rings. The van der Waals surface area contributed by atoms with Crippen molar-refractivity contribution in [2.45, 2.75) is 12.9 Å². The number of anilines is 1. The standard InChI is InChI=1S/C19H22ClN5O/c20-16-5-3-6-17(15-16)23-13-11-22(12-14-23)8-4-10-25-19(26)24-9-2-1-7-18(24)21-25/h1-3,5-7,9,15H,4,8,10-14H2/i4D2,10D2,13D2,14D2. The average molecular weight is 380 g/mol. The van der Waals surface area contributed by atoms with Crippen LogP contribution in [0.5, 0.6) is 0 Å². The molecule has 0 spiro atoms. The van der Waals surface area contributed by atoms with Crippen LogP contribution in [-0.4, -0.2) is 51.7 Å².